The first-order chi connectivity index (χ1) is 8.84. The van der Waals surface area contributed by atoms with Gasteiger partial charge in [-0.1, -0.05) is 18.2 Å². The van der Waals surface area contributed by atoms with E-state index in [4.69, 9.17) is 0 Å². The molecule has 0 saturated carbocycles. The molecule has 4 nitrogen and oxygen atoms in total. The number of hydrogen-bond acceptors (Lipinski definition) is 3. The van der Waals surface area contributed by atoms with Crippen molar-refractivity contribution >= 4 is 16.9 Å². The Kier molecular flexibility index (Phi) is 2.64. The number of halogens is 1. The van der Waals surface area contributed by atoms with E-state index in [0.29, 0.717) is 17.9 Å². The Morgan fingerprint density at radius 1 is 1.17 bits per heavy atom. The van der Waals surface area contributed by atoms with Crippen LogP contribution in [0, 0.1) is 5.82 Å². The third-order valence-electron chi connectivity index (χ3n) is 2.76. The average Bonchev–Trinajstić information content (AvgIpc) is 2.86. The van der Waals surface area contributed by atoms with Crippen LogP contribution in [0.5, 0.6) is 0 Å². The molecule has 18 heavy (non-hydrogen) atoms. The van der Waals surface area contributed by atoms with Crippen molar-refractivity contribution in [2.45, 2.75) is 6.54 Å². The van der Waals surface area contributed by atoms with E-state index in [-0.39, 0.29) is 5.82 Å². The second kappa shape index (κ2) is 4.44. The second-order valence-electron chi connectivity index (χ2n) is 3.91. The summed E-state index contributed by atoms with van der Waals surface area (Å²) in [6.45, 7) is 0.393. The van der Waals surface area contributed by atoms with Crippen LogP contribution in [-0.2, 0) is 6.54 Å². The minimum Gasteiger partial charge on any atom is -0.365 e. The van der Waals surface area contributed by atoms with E-state index in [1.54, 1.807) is 18.3 Å². The van der Waals surface area contributed by atoms with E-state index in [0.717, 1.165) is 11.0 Å². The lowest BCUT2D eigenvalue weighted by Crippen LogP contribution is -2.03. The second-order valence-corrected chi connectivity index (χ2v) is 3.91. The van der Waals surface area contributed by atoms with E-state index >= 15 is 0 Å². The molecule has 0 aliphatic heterocycles. The molecule has 2 N–H and O–H groups in total. The quantitative estimate of drug-likeness (QED) is 0.742. The Balaban J connectivity index is 1.85. The Morgan fingerprint density at radius 3 is 2.94 bits per heavy atom. The van der Waals surface area contributed by atoms with Gasteiger partial charge in [0.15, 0.2) is 0 Å². The van der Waals surface area contributed by atoms with E-state index in [9.17, 15) is 4.39 Å². The Hall–Kier alpha value is -2.43. The van der Waals surface area contributed by atoms with Gasteiger partial charge in [-0.3, -0.25) is 0 Å². The van der Waals surface area contributed by atoms with Crippen molar-refractivity contribution in [2.75, 3.05) is 5.32 Å². The van der Waals surface area contributed by atoms with Crippen molar-refractivity contribution in [3.63, 3.8) is 0 Å². The maximum absolute atomic E-state index is 13.5. The number of anilines is 1. The number of fused-ring (bicyclic) bond motifs is 1. The summed E-state index contributed by atoms with van der Waals surface area (Å²) in [7, 11) is 0. The van der Waals surface area contributed by atoms with Gasteiger partial charge in [-0.2, -0.15) is 0 Å². The zero-order chi connectivity index (χ0) is 12.4. The Labute approximate surface area is 103 Å². The number of benzene rings is 1. The van der Waals surface area contributed by atoms with E-state index in [2.05, 4.69) is 20.3 Å². The molecular formula is C13H11FN4. The zero-order valence-electron chi connectivity index (χ0n) is 9.52. The molecule has 0 unspecified atom stereocenters. The van der Waals surface area contributed by atoms with Crippen molar-refractivity contribution in [1.82, 2.24) is 15.0 Å². The first-order valence-electron chi connectivity index (χ1n) is 5.60. The van der Waals surface area contributed by atoms with Crippen LogP contribution in [0.1, 0.15) is 5.56 Å². The molecule has 2 heterocycles. The molecule has 0 atom stereocenters. The number of nitrogens with one attached hydrogen (secondary N) is 2. The van der Waals surface area contributed by atoms with Gasteiger partial charge >= 0.3 is 0 Å². The highest BCUT2D eigenvalue weighted by molar-refractivity contribution is 5.86. The Bertz CT molecular complexity index is 677. The molecule has 2 aromatic heterocycles. The van der Waals surface area contributed by atoms with Gasteiger partial charge in [-0.15, -0.1) is 0 Å². The van der Waals surface area contributed by atoms with Crippen molar-refractivity contribution in [3.05, 3.63) is 54.2 Å². The van der Waals surface area contributed by atoms with Crippen LogP contribution < -0.4 is 5.32 Å². The summed E-state index contributed by atoms with van der Waals surface area (Å²) >= 11 is 0. The number of rotatable bonds is 3. The summed E-state index contributed by atoms with van der Waals surface area (Å²) in [5, 5.41) is 4.02. The highest BCUT2D eigenvalue weighted by Gasteiger charge is 2.05. The topological polar surface area (TPSA) is 53.6 Å². The molecule has 5 heteroatoms. The van der Waals surface area contributed by atoms with Crippen LogP contribution >= 0.6 is 0 Å². The normalized spacial score (nSPS) is 10.7. The number of H-pyrrole nitrogens is 1. The number of aromatic nitrogens is 3. The SMILES string of the molecule is Fc1ccccc1CNc1ncnc2[nH]ccc12. The van der Waals surface area contributed by atoms with Crippen molar-refractivity contribution in [3.8, 4) is 0 Å². The molecule has 0 fully saturated rings. The summed E-state index contributed by atoms with van der Waals surface area (Å²) in [5.74, 6) is 0.480. The third-order valence-corrected chi connectivity index (χ3v) is 2.76. The predicted molar refractivity (Wildman–Crippen MR) is 67.6 cm³/mol. The van der Waals surface area contributed by atoms with Gasteiger partial charge < -0.3 is 10.3 Å². The van der Waals surface area contributed by atoms with Gasteiger partial charge in [0.25, 0.3) is 0 Å². The number of aromatic amines is 1. The molecule has 1 aromatic carbocycles. The predicted octanol–water partition coefficient (Wildman–Crippen LogP) is 2.71. The van der Waals surface area contributed by atoms with Crippen LogP contribution in [0.2, 0.25) is 0 Å². The molecule has 0 saturated heterocycles. The van der Waals surface area contributed by atoms with Gasteiger partial charge in [0.2, 0.25) is 0 Å². The third kappa shape index (κ3) is 1.90. The smallest absolute Gasteiger partial charge is 0.142 e. The largest absolute Gasteiger partial charge is 0.365 e. The molecule has 0 spiro atoms. The van der Waals surface area contributed by atoms with Crippen LogP contribution in [0.15, 0.2) is 42.9 Å². The summed E-state index contributed by atoms with van der Waals surface area (Å²) in [6.07, 6.45) is 3.27. The summed E-state index contributed by atoms with van der Waals surface area (Å²) < 4.78 is 13.5. The van der Waals surface area contributed by atoms with Gasteiger partial charge in [0, 0.05) is 18.3 Å². The highest BCUT2D eigenvalue weighted by Crippen LogP contribution is 2.18. The summed E-state index contributed by atoms with van der Waals surface area (Å²) in [5.41, 5.74) is 1.38. The van der Waals surface area contributed by atoms with E-state index in [1.165, 1.54) is 12.4 Å². The standard InChI is InChI=1S/C13H11FN4/c14-11-4-2-1-3-9(11)7-16-13-10-5-6-15-12(10)17-8-18-13/h1-6,8H,7H2,(H2,15,16,17,18). The number of hydrogen-bond donors (Lipinski definition) is 2. The van der Waals surface area contributed by atoms with Crippen LogP contribution in [-0.4, -0.2) is 15.0 Å². The molecule has 0 radical (unpaired) electrons. The van der Waals surface area contributed by atoms with Crippen molar-refractivity contribution < 1.29 is 4.39 Å². The van der Waals surface area contributed by atoms with Crippen LogP contribution in [0.3, 0.4) is 0 Å². The average molecular weight is 242 g/mol. The summed E-state index contributed by atoms with van der Waals surface area (Å²) in [6, 6.07) is 8.57. The first kappa shape index (κ1) is 10.7. The molecule has 90 valence electrons. The lowest BCUT2D eigenvalue weighted by molar-refractivity contribution is 0.613. The Morgan fingerprint density at radius 2 is 2.06 bits per heavy atom. The lowest BCUT2D eigenvalue weighted by Gasteiger charge is -2.07. The maximum Gasteiger partial charge on any atom is 0.142 e. The van der Waals surface area contributed by atoms with Gasteiger partial charge in [0.05, 0.1) is 5.39 Å². The fourth-order valence-electron chi connectivity index (χ4n) is 1.83. The van der Waals surface area contributed by atoms with E-state index in [1.807, 2.05) is 12.1 Å². The molecule has 0 bridgehead atoms. The number of nitrogens with zero attached hydrogens (tertiary/aromatic N) is 2. The molecule has 0 aliphatic rings. The zero-order valence-corrected chi connectivity index (χ0v) is 9.52. The van der Waals surface area contributed by atoms with Crippen molar-refractivity contribution in [1.29, 1.82) is 0 Å². The fraction of sp³-hybridized carbons (Fsp3) is 0.0769. The monoisotopic (exact) mass is 242 g/mol. The molecular weight excluding hydrogens is 231 g/mol. The molecule has 3 aromatic rings. The van der Waals surface area contributed by atoms with Crippen LogP contribution in [0.4, 0.5) is 10.2 Å². The van der Waals surface area contributed by atoms with Crippen molar-refractivity contribution in [2.24, 2.45) is 0 Å². The molecule has 0 aliphatic carbocycles. The highest BCUT2D eigenvalue weighted by atomic mass is 19.1. The lowest BCUT2D eigenvalue weighted by atomic mass is 10.2. The van der Waals surface area contributed by atoms with Gasteiger partial charge in [-0.25, -0.2) is 14.4 Å². The minimum absolute atomic E-state index is 0.218. The molecule has 0 amide bonds. The summed E-state index contributed by atoms with van der Waals surface area (Å²) in [4.78, 5) is 11.3. The fourth-order valence-corrected chi connectivity index (χ4v) is 1.83. The minimum atomic E-state index is -0.218. The van der Waals surface area contributed by atoms with Gasteiger partial charge in [0.1, 0.15) is 23.6 Å². The van der Waals surface area contributed by atoms with Crippen LogP contribution in [0.25, 0.3) is 11.0 Å². The first-order valence-corrected chi connectivity index (χ1v) is 5.60. The maximum atomic E-state index is 13.5. The van der Waals surface area contributed by atoms with Gasteiger partial charge in [-0.05, 0) is 12.1 Å². The van der Waals surface area contributed by atoms with E-state index < -0.39 is 0 Å². The molecule has 3 rings (SSSR count).